The van der Waals surface area contributed by atoms with Crippen molar-refractivity contribution in [1.82, 2.24) is 0 Å². The Morgan fingerprint density at radius 3 is 1.74 bits per heavy atom. The summed E-state index contributed by atoms with van der Waals surface area (Å²) in [5.74, 6) is 0.653. The SMILES string of the molecule is Cc1ccc(C(C)C)cc1.[CH3-].[Cl][Ru+3].[NH-][C@H](c1ccccc1)[C@H]([N-]S(=O)(=O)c1cccc2ccccc12)c1ccccc1. The summed E-state index contributed by atoms with van der Waals surface area (Å²) in [6.07, 6.45) is 0. The minimum Gasteiger partial charge on any atom is -0.672 e. The first-order valence-electron chi connectivity index (χ1n) is 13.2. The van der Waals surface area contributed by atoms with Gasteiger partial charge in [0.2, 0.25) is 0 Å². The Morgan fingerprint density at radius 1 is 0.667 bits per heavy atom. The van der Waals surface area contributed by atoms with E-state index < -0.39 is 22.1 Å². The van der Waals surface area contributed by atoms with Crippen LogP contribution in [0, 0.1) is 14.4 Å². The second kappa shape index (κ2) is 17.3. The van der Waals surface area contributed by atoms with Crippen LogP contribution in [0.5, 0.6) is 0 Å². The minimum absolute atomic E-state index is 0. The van der Waals surface area contributed by atoms with Crippen molar-refractivity contribution in [1.29, 1.82) is 0 Å². The number of benzene rings is 5. The van der Waals surface area contributed by atoms with E-state index in [1.165, 1.54) is 11.1 Å². The van der Waals surface area contributed by atoms with E-state index in [-0.39, 0.29) is 12.3 Å². The van der Waals surface area contributed by atoms with Gasteiger partial charge in [-0.3, -0.25) is 0 Å². The Kier molecular flexibility index (Phi) is 14.6. The third-order valence-electron chi connectivity index (χ3n) is 6.64. The van der Waals surface area contributed by atoms with Gasteiger partial charge in [0.15, 0.2) is 0 Å². The molecule has 5 aromatic rings. The maximum absolute atomic E-state index is 13.3. The normalized spacial score (nSPS) is 12.1. The summed E-state index contributed by atoms with van der Waals surface area (Å²) in [4.78, 5) is 0.164. The van der Waals surface area contributed by atoms with E-state index in [1.807, 2.05) is 102 Å². The van der Waals surface area contributed by atoms with Gasteiger partial charge in [-0.15, -0.1) is 12.1 Å². The van der Waals surface area contributed by atoms with Gasteiger partial charge < -0.3 is 17.9 Å². The maximum atomic E-state index is 13.3. The van der Waals surface area contributed by atoms with Crippen molar-refractivity contribution in [2.24, 2.45) is 0 Å². The Morgan fingerprint density at radius 2 is 1.17 bits per heavy atom. The van der Waals surface area contributed by atoms with Gasteiger partial charge in [0.25, 0.3) is 0 Å². The quantitative estimate of drug-likeness (QED) is 0.126. The molecule has 0 saturated carbocycles. The molecule has 1 N–H and O–H groups in total. The number of sulfonamides is 1. The minimum atomic E-state index is -3.98. The molecule has 0 saturated heterocycles. The average Bonchev–Trinajstić information content (AvgIpc) is 3.01. The van der Waals surface area contributed by atoms with Crippen molar-refractivity contribution in [3.63, 3.8) is 0 Å². The Hall–Kier alpha value is -2.86. The molecule has 0 fully saturated rings. The van der Waals surface area contributed by atoms with Gasteiger partial charge in [0, 0.05) is 0 Å². The second-order valence-corrected chi connectivity index (χ2v) is 11.5. The van der Waals surface area contributed by atoms with Gasteiger partial charge >= 0.3 is 27.0 Å². The number of hydrogen-bond acceptors (Lipinski definition) is 2. The van der Waals surface area contributed by atoms with E-state index in [1.54, 1.807) is 18.2 Å². The van der Waals surface area contributed by atoms with E-state index in [0.717, 1.165) is 10.9 Å². The maximum Gasteiger partial charge on any atom is 0.102 e. The number of fused-ring (bicyclic) bond motifs is 1. The summed E-state index contributed by atoms with van der Waals surface area (Å²) in [6, 6.07) is 37.9. The number of nitrogens with one attached hydrogen (secondary N) is 1. The Balaban J connectivity index is 0.000000401. The van der Waals surface area contributed by atoms with E-state index in [0.29, 0.717) is 16.9 Å². The zero-order chi connectivity index (χ0) is 29.8. The molecule has 0 bridgehead atoms. The monoisotopic (exact) mass is 686 g/mol. The molecule has 4 nitrogen and oxygen atoms in total. The fourth-order valence-electron chi connectivity index (χ4n) is 4.39. The molecule has 0 aliphatic rings. The van der Waals surface area contributed by atoms with Crippen molar-refractivity contribution in [3.05, 3.63) is 168 Å². The molecule has 42 heavy (non-hydrogen) atoms. The summed E-state index contributed by atoms with van der Waals surface area (Å²) in [5.41, 5.74) is 12.9. The van der Waals surface area contributed by atoms with E-state index in [9.17, 15) is 8.42 Å². The van der Waals surface area contributed by atoms with Crippen molar-refractivity contribution < 1.29 is 25.7 Å². The van der Waals surface area contributed by atoms with Crippen molar-refractivity contribution in [2.75, 3.05) is 0 Å². The predicted molar refractivity (Wildman–Crippen MR) is 175 cm³/mol. The third kappa shape index (κ3) is 9.59. The average molecular weight is 686 g/mol. The number of aryl methyl sites for hydroxylation is 1. The first-order valence-corrected chi connectivity index (χ1v) is 16.9. The van der Waals surface area contributed by atoms with Gasteiger partial charge in [-0.05, 0) is 35.2 Å². The van der Waals surface area contributed by atoms with E-state index in [4.69, 9.17) is 5.73 Å². The van der Waals surface area contributed by atoms with Crippen LogP contribution in [0.15, 0.2) is 132 Å². The predicted octanol–water partition coefficient (Wildman–Crippen LogP) is 10.7. The molecule has 2 atom stereocenters. The van der Waals surface area contributed by atoms with Crippen LogP contribution in [0.25, 0.3) is 21.2 Å². The molecule has 5 aromatic carbocycles. The van der Waals surface area contributed by atoms with Crippen LogP contribution in [0.2, 0.25) is 0 Å². The van der Waals surface area contributed by atoms with Crippen molar-refractivity contribution in [3.8, 4) is 0 Å². The molecule has 0 aliphatic carbocycles. The van der Waals surface area contributed by atoms with Crippen LogP contribution in [0.3, 0.4) is 0 Å². The first kappa shape index (κ1) is 35.3. The summed E-state index contributed by atoms with van der Waals surface area (Å²) in [7, 11) is 0.587. The summed E-state index contributed by atoms with van der Waals surface area (Å²) >= 11 is 1.82. The van der Waals surface area contributed by atoms with Crippen molar-refractivity contribution in [2.45, 2.75) is 43.7 Å². The summed E-state index contributed by atoms with van der Waals surface area (Å²) in [6.45, 7) is 6.54. The molecule has 0 radical (unpaired) electrons. The zero-order valence-electron chi connectivity index (χ0n) is 24.3. The van der Waals surface area contributed by atoms with E-state index in [2.05, 4.69) is 59.4 Å². The van der Waals surface area contributed by atoms with Gasteiger partial charge in [0.05, 0.1) is 4.90 Å². The summed E-state index contributed by atoms with van der Waals surface area (Å²) < 4.78 is 30.9. The standard InChI is InChI=1S/C24H20N2O2S.C10H14.CH3.ClH.Ru/c25-23(19-11-3-1-4-12-19)24(20-13-5-2-6-14-20)26-29(27,28)22-17-9-15-18-10-7-8-16-21(18)22;1-8(2)10-6-4-9(3)5-7-10;;;/h1-17,23-25H;4-8H,1-3H3;1H3;1H;/q-2;;-1;;+4/p-1/t23-,24-;;;;/m1..../s1. The van der Waals surface area contributed by atoms with Gasteiger partial charge in [-0.2, -0.15) is 0 Å². The fourth-order valence-corrected chi connectivity index (χ4v) is 5.76. The molecule has 0 aliphatic heterocycles. The van der Waals surface area contributed by atoms with Crippen LogP contribution >= 0.6 is 9.69 Å². The number of nitrogens with zero attached hydrogens (tertiary/aromatic N) is 1. The fraction of sp³-hybridized carbons (Fsp3) is 0.171. The van der Waals surface area contributed by atoms with Gasteiger partial charge in [-0.1, -0.05) is 152 Å². The smallest absolute Gasteiger partial charge is 0.102 e. The largest absolute Gasteiger partial charge is 0.672 e. The van der Waals surface area contributed by atoms with E-state index >= 15 is 0 Å². The first-order chi connectivity index (χ1) is 19.8. The molecule has 0 spiro atoms. The summed E-state index contributed by atoms with van der Waals surface area (Å²) in [5, 5.41) is 1.47. The van der Waals surface area contributed by atoms with Gasteiger partial charge in [-0.25, -0.2) is 8.42 Å². The van der Waals surface area contributed by atoms with Crippen LogP contribution in [0.4, 0.5) is 0 Å². The van der Waals surface area contributed by atoms with Crippen LogP contribution in [-0.2, 0) is 27.3 Å². The number of hydrogen-bond donors (Lipinski definition) is 0. The third-order valence-corrected chi connectivity index (χ3v) is 8.06. The zero-order valence-corrected chi connectivity index (χ0v) is 27.6. The molecule has 0 amide bonds. The molecular weight excluding hydrogens is 649 g/mol. The molecule has 7 heteroatoms. The van der Waals surface area contributed by atoms with Crippen LogP contribution < -0.4 is 0 Å². The van der Waals surface area contributed by atoms with Crippen LogP contribution in [0.1, 0.15) is 54.1 Å². The van der Waals surface area contributed by atoms with Gasteiger partial charge in [0.1, 0.15) is 10.0 Å². The topological polar surface area (TPSA) is 72.0 Å². The molecule has 0 heterocycles. The van der Waals surface area contributed by atoms with Crippen LogP contribution in [-0.4, -0.2) is 8.42 Å². The molecule has 5 rings (SSSR count). The molecule has 0 unspecified atom stereocenters. The van der Waals surface area contributed by atoms with Crippen molar-refractivity contribution >= 4 is 30.5 Å². The molecular formula is C35H37ClN2O2RuS. The Bertz CT molecular complexity index is 1590. The number of rotatable bonds is 7. The molecule has 220 valence electrons. The Labute approximate surface area is 266 Å². The number of halogens is 1. The molecule has 0 aromatic heterocycles. The second-order valence-electron chi connectivity index (χ2n) is 9.87.